The molecule has 0 amide bonds. The van der Waals surface area contributed by atoms with Crippen LogP contribution in [0.3, 0.4) is 0 Å². The van der Waals surface area contributed by atoms with E-state index in [-0.39, 0.29) is 5.56 Å². The van der Waals surface area contributed by atoms with Crippen molar-refractivity contribution in [1.29, 1.82) is 0 Å². The van der Waals surface area contributed by atoms with Crippen molar-refractivity contribution in [3.63, 3.8) is 0 Å². The molecule has 8 heteroatoms. The summed E-state index contributed by atoms with van der Waals surface area (Å²) in [7, 11) is 0. The lowest BCUT2D eigenvalue weighted by Gasteiger charge is -2.05. The number of thiazole rings is 1. The zero-order chi connectivity index (χ0) is 16.8. The smallest absolute Gasteiger partial charge is 0.258 e. The third-order valence-electron chi connectivity index (χ3n) is 3.82. The maximum Gasteiger partial charge on any atom is 0.258 e. The summed E-state index contributed by atoms with van der Waals surface area (Å²) in [6, 6.07) is 1.60. The zero-order valence-electron chi connectivity index (χ0n) is 13.4. The van der Waals surface area contributed by atoms with Crippen molar-refractivity contribution in [2.45, 2.75) is 31.6 Å². The fourth-order valence-corrected chi connectivity index (χ4v) is 5.42. The van der Waals surface area contributed by atoms with Crippen LogP contribution in [0, 0.1) is 20.8 Å². The number of hydrogen-bond donors (Lipinski definition) is 0. The molecule has 4 aromatic rings. The highest BCUT2D eigenvalue weighted by Crippen LogP contribution is 2.35. The summed E-state index contributed by atoms with van der Waals surface area (Å²) in [5, 5.41) is 3.96. The number of thioether (sulfide) groups is 1. The predicted molar refractivity (Wildman–Crippen MR) is 101 cm³/mol. The first kappa shape index (κ1) is 15.7. The van der Waals surface area contributed by atoms with Gasteiger partial charge in [-0.05, 0) is 26.3 Å². The SMILES string of the molecule is Cc1nc(SCc2cc(=O)n3ccsc3n2)c2c(C)c(C)sc2n1. The molecule has 0 atom stereocenters. The van der Waals surface area contributed by atoms with Gasteiger partial charge < -0.3 is 0 Å². The summed E-state index contributed by atoms with van der Waals surface area (Å²) in [5.41, 5.74) is 1.98. The first-order chi connectivity index (χ1) is 11.5. The Bertz CT molecular complexity index is 1130. The summed E-state index contributed by atoms with van der Waals surface area (Å²) in [6.07, 6.45) is 1.75. The molecule has 0 unspecified atom stereocenters. The van der Waals surface area contributed by atoms with Crippen molar-refractivity contribution in [3.8, 4) is 0 Å². The van der Waals surface area contributed by atoms with Gasteiger partial charge in [-0.2, -0.15) is 0 Å². The van der Waals surface area contributed by atoms with E-state index in [9.17, 15) is 4.79 Å². The predicted octanol–water partition coefficient (Wildman–Crippen LogP) is 3.98. The lowest BCUT2D eigenvalue weighted by Crippen LogP contribution is -2.12. The monoisotopic (exact) mass is 374 g/mol. The fourth-order valence-electron chi connectivity index (χ4n) is 2.52. The third kappa shape index (κ3) is 2.64. The van der Waals surface area contributed by atoms with Gasteiger partial charge in [-0.1, -0.05) is 11.8 Å². The van der Waals surface area contributed by atoms with Crippen LogP contribution >= 0.6 is 34.4 Å². The van der Waals surface area contributed by atoms with Crippen molar-refractivity contribution in [2.24, 2.45) is 0 Å². The van der Waals surface area contributed by atoms with Gasteiger partial charge in [-0.25, -0.2) is 15.0 Å². The standard InChI is InChI=1S/C16H14N4OS3/c1-8-9(2)24-15-13(8)14(17-10(3)18-15)23-7-11-6-12(21)20-4-5-22-16(20)19-11/h4-6H,7H2,1-3H3. The molecule has 4 aromatic heterocycles. The summed E-state index contributed by atoms with van der Waals surface area (Å²) in [5.74, 6) is 1.39. The lowest BCUT2D eigenvalue weighted by molar-refractivity contribution is 1.01. The minimum Gasteiger partial charge on any atom is -0.269 e. The molecule has 0 aliphatic heterocycles. The van der Waals surface area contributed by atoms with E-state index in [0.29, 0.717) is 5.75 Å². The van der Waals surface area contributed by atoms with Gasteiger partial charge in [0.25, 0.3) is 5.56 Å². The first-order valence-corrected chi connectivity index (χ1v) is 10.0. The molecular formula is C16H14N4OS3. The van der Waals surface area contributed by atoms with Gasteiger partial charge in [0, 0.05) is 33.7 Å². The molecule has 24 heavy (non-hydrogen) atoms. The number of hydrogen-bond acceptors (Lipinski definition) is 7. The van der Waals surface area contributed by atoms with E-state index >= 15 is 0 Å². The van der Waals surface area contributed by atoms with E-state index in [1.54, 1.807) is 39.8 Å². The van der Waals surface area contributed by atoms with Crippen LogP contribution in [0.25, 0.3) is 15.2 Å². The molecule has 0 bridgehead atoms. The number of aromatic nitrogens is 4. The van der Waals surface area contributed by atoms with E-state index < -0.39 is 0 Å². The van der Waals surface area contributed by atoms with Crippen LogP contribution in [0.5, 0.6) is 0 Å². The van der Waals surface area contributed by atoms with Gasteiger partial charge in [0.05, 0.1) is 5.69 Å². The van der Waals surface area contributed by atoms with Crippen LogP contribution in [-0.4, -0.2) is 19.4 Å². The molecule has 0 aliphatic carbocycles. The molecule has 0 radical (unpaired) electrons. The minimum absolute atomic E-state index is 0.0385. The lowest BCUT2D eigenvalue weighted by atomic mass is 10.2. The van der Waals surface area contributed by atoms with Crippen LogP contribution in [0.15, 0.2) is 27.5 Å². The molecular weight excluding hydrogens is 360 g/mol. The van der Waals surface area contributed by atoms with E-state index in [1.807, 2.05) is 12.3 Å². The molecule has 5 nitrogen and oxygen atoms in total. The minimum atomic E-state index is -0.0385. The number of nitrogens with zero attached hydrogens (tertiary/aromatic N) is 4. The highest BCUT2D eigenvalue weighted by molar-refractivity contribution is 7.98. The Hall–Kier alpha value is -1.77. The quantitative estimate of drug-likeness (QED) is 0.401. The largest absolute Gasteiger partial charge is 0.269 e. The molecule has 122 valence electrons. The Morgan fingerprint density at radius 3 is 2.88 bits per heavy atom. The average molecular weight is 375 g/mol. The maximum absolute atomic E-state index is 12.1. The summed E-state index contributed by atoms with van der Waals surface area (Å²) < 4.78 is 1.57. The second-order valence-corrected chi connectivity index (χ2v) is 8.51. The van der Waals surface area contributed by atoms with Crippen molar-refractivity contribution >= 4 is 49.6 Å². The molecule has 0 N–H and O–H groups in total. The van der Waals surface area contributed by atoms with E-state index in [4.69, 9.17) is 0 Å². The normalized spacial score (nSPS) is 11.6. The fraction of sp³-hybridized carbons (Fsp3) is 0.250. The molecule has 0 fully saturated rings. The van der Waals surface area contributed by atoms with Crippen LogP contribution in [0.2, 0.25) is 0 Å². The van der Waals surface area contributed by atoms with Gasteiger partial charge in [0.2, 0.25) is 0 Å². The van der Waals surface area contributed by atoms with Crippen LogP contribution < -0.4 is 5.56 Å². The van der Waals surface area contributed by atoms with Gasteiger partial charge in [0.15, 0.2) is 4.96 Å². The number of aryl methyl sites for hydroxylation is 3. The Kier molecular flexibility index (Phi) is 3.90. The summed E-state index contributed by atoms with van der Waals surface area (Å²) >= 11 is 4.78. The average Bonchev–Trinajstić information content (AvgIpc) is 3.10. The molecule has 4 rings (SSSR count). The number of thiophene rings is 1. The topological polar surface area (TPSA) is 60.2 Å². The Balaban J connectivity index is 1.72. The molecule has 0 aromatic carbocycles. The second-order valence-electron chi connectivity index (χ2n) is 5.47. The van der Waals surface area contributed by atoms with Crippen LogP contribution in [0.1, 0.15) is 22.0 Å². The van der Waals surface area contributed by atoms with Gasteiger partial charge in [-0.15, -0.1) is 22.7 Å². The van der Waals surface area contributed by atoms with E-state index in [2.05, 4.69) is 28.8 Å². The number of rotatable bonds is 3. The van der Waals surface area contributed by atoms with E-state index in [1.165, 1.54) is 21.8 Å². The first-order valence-electron chi connectivity index (χ1n) is 7.36. The maximum atomic E-state index is 12.1. The third-order valence-corrected chi connectivity index (χ3v) is 6.69. The van der Waals surface area contributed by atoms with Crippen LogP contribution in [0.4, 0.5) is 0 Å². The molecule has 0 aliphatic rings. The highest BCUT2D eigenvalue weighted by atomic mass is 32.2. The second kappa shape index (κ2) is 5.94. The molecule has 0 saturated heterocycles. The number of fused-ring (bicyclic) bond motifs is 2. The van der Waals surface area contributed by atoms with Crippen molar-refractivity contribution in [2.75, 3.05) is 0 Å². The molecule has 4 heterocycles. The van der Waals surface area contributed by atoms with E-state index in [0.717, 1.165) is 31.7 Å². The summed E-state index contributed by atoms with van der Waals surface area (Å²) in [6.45, 7) is 6.13. The van der Waals surface area contributed by atoms with Crippen LogP contribution in [-0.2, 0) is 5.75 Å². The van der Waals surface area contributed by atoms with Gasteiger partial charge in [0.1, 0.15) is 15.7 Å². The molecule has 0 saturated carbocycles. The van der Waals surface area contributed by atoms with Gasteiger partial charge >= 0.3 is 0 Å². The van der Waals surface area contributed by atoms with Gasteiger partial charge in [-0.3, -0.25) is 9.20 Å². The Morgan fingerprint density at radius 1 is 1.21 bits per heavy atom. The molecule has 0 spiro atoms. The Labute approximate surface area is 150 Å². The van der Waals surface area contributed by atoms with Crippen molar-refractivity contribution < 1.29 is 0 Å². The Morgan fingerprint density at radius 2 is 2.04 bits per heavy atom. The van der Waals surface area contributed by atoms with Crippen molar-refractivity contribution in [3.05, 3.63) is 50.0 Å². The zero-order valence-corrected chi connectivity index (χ0v) is 15.8. The highest BCUT2D eigenvalue weighted by Gasteiger charge is 2.14. The summed E-state index contributed by atoms with van der Waals surface area (Å²) in [4.78, 5) is 28.8. The van der Waals surface area contributed by atoms with Crippen molar-refractivity contribution in [1.82, 2.24) is 19.4 Å².